The van der Waals surface area contributed by atoms with Gasteiger partial charge in [0.25, 0.3) is 0 Å². The third-order valence-electron chi connectivity index (χ3n) is 1.36. The first-order chi connectivity index (χ1) is 4.20. The molecule has 0 heterocycles. The minimum Gasteiger partial charge on any atom is -0.323 e. The molecule has 3 heteroatoms. The zero-order valence-electron chi connectivity index (χ0n) is 4.93. The van der Waals surface area contributed by atoms with Crippen molar-refractivity contribution in [3.05, 3.63) is 11.1 Å². The number of thiocarbonyl (C=S) groups is 1. The van der Waals surface area contributed by atoms with Gasteiger partial charge in [0.15, 0.2) is 0 Å². The Hall–Kier alpha value is 0.0800. The highest BCUT2D eigenvalue weighted by Gasteiger charge is 2.12. The molecule has 9 heavy (non-hydrogen) atoms. The molecule has 1 rings (SSSR count). The van der Waals surface area contributed by atoms with Gasteiger partial charge in [-0.15, -0.1) is 0 Å². The SMILES string of the molecule is NC1CCC(Cl)=CC1=S. The maximum Gasteiger partial charge on any atom is 0.0402 e. The summed E-state index contributed by atoms with van der Waals surface area (Å²) in [7, 11) is 0. The predicted molar refractivity (Wildman–Crippen MR) is 43.7 cm³/mol. The second kappa shape index (κ2) is 2.78. The number of hydrogen-bond acceptors (Lipinski definition) is 2. The zero-order chi connectivity index (χ0) is 6.85. The summed E-state index contributed by atoms with van der Waals surface area (Å²) in [5, 5.41) is 0.835. The first-order valence-corrected chi connectivity index (χ1v) is 3.64. The lowest BCUT2D eigenvalue weighted by Crippen LogP contribution is -2.29. The van der Waals surface area contributed by atoms with Gasteiger partial charge in [-0.25, -0.2) is 0 Å². The Morgan fingerprint density at radius 1 is 1.78 bits per heavy atom. The molecule has 0 fully saturated rings. The van der Waals surface area contributed by atoms with E-state index >= 15 is 0 Å². The van der Waals surface area contributed by atoms with Gasteiger partial charge in [-0.3, -0.25) is 0 Å². The maximum atomic E-state index is 5.69. The molecule has 2 N–H and O–H groups in total. The molecule has 1 aliphatic rings. The van der Waals surface area contributed by atoms with E-state index in [2.05, 4.69) is 0 Å². The summed E-state index contributed by atoms with van der Waals surface area (Å²) >= 11 is 10.6. The van der Waals surface area contributed by atoms with Gasteiger partial charge < -0.3 is 5.73 Å². The van der Waals surface area contributed by atoms with E-state index in [1.165, 1.54) is 0 Å². The fourth-order valence-electron chi connectivity index (χ4n) is 0.769. The molecule has 1 nitrogen and oxygen atoms in total. The average Bonchev–Trinajstić information content (AvgIpc) is 1.80. The third-order valence-corrected chi connectivity index (χ3v) is 2.08. The van der Waals surface area contributed by atoms with Gasteiger partial charge in [0.05, 0.1) is 0 Å². The molecule has 1 atom stereocenters. The molecule has 0 aromatic heterocycles. The molecule has 0 aromatic rings. The molecule has 0 saturated heterocycles. The van der Waals surface area contributed by atoms with Gasteiger partial charge in [-0.1, -0.05) is 23.8 Å². The lowest BCUT2D eigenvalue weighted by Gasteiger charge is -2.14. The molecule has 0 aliphatic heterocycles. The summed E-state index contributed by atoms with van der Waals surface area (Å²) in [6, 6.07) is 0.0579. The monoisotopic (exact) mass is 161 g/mol. The van der Waals surface area contributed by atoms with E-state index in [9.17, 15) is 0 Å². The first-order valence-electron chi connectivity index (χ1n) is 2.85. The Bertz CT molecular complexity index is 164. The van der Waals surface area contributed by atoms with Crippen molar-refractivity contribution in [3.8, 4) is 0 Å². The van der Waals surface area contributed by atoms with Crippen LogP contribution in [0.15, 0.2) is 11.1 Å². The van der Waals surface area contributed by atoms with Gasteiger partial charge >= 0.3 is 0 Å². The predicted octanol–water partition coefficient (Wildman–Crippen LogP) is 1.60. The Balaban J connectivity index is 2.70. The Kier molecular flexibility index (Phi) is 2.22. The van der Waals surface area contributed by atoms with E-state index in [4.69, 9.17) is 29.6 Å². The topological polar surface area (TPSA) is 26.0 Å². The minimum absolute atomic E-state index is 0.0579. The van der Waals surface area contributed by atoms with Crippen molar-refractivity contribution in [3.63, 3.8) is 0 Å². The quantitative estimate of drug-likeness (QED) is 0.547. The third kappa shape index (κ3) is 1.75. The number of hydrogen-bond donors (Lipinski definition) is 1. The van der Waals surface area contributed by atoms with Crippen molar-refractivity contribution in [1.82, 2.24) is 0 Å². The molecule has 0 aromatic carbocycles. The van der Waals surface area contributed by atoms with Crippen LogP contribution in [0.4, 0.5) is 0 Å². The van der Waals surface area contributed by atoms with Crippen molar-refractivity contribution in [2.24, 2.45) is 5.73 Å². The molecule has 0 spiro atoms. The van der Waals surface area contributed by atoms with Crippen LogP contribution in [-0.2, 0) is 0 Å². The van der Waals surface area contributed by atoms with E-state index in [1.54, 1.807) is 6.08 Å². The molecule has 0 saturated carbocycles. The van der Waals surface area contributed by atoms with Crippen LogP contribution in [0.3, 0.4) is 0 Å². The van der Waals surface area contributed by atoms with E-state index in [0.717, 1.165) is 22.7 Å². The largest absolute Gasteiger partial charge is 0.323 e. The van der Waals surface area contributed by atoms with Crippen LogP contribution in [0.2, 0.25) is 0 Å². The lowest BCUT2D eigenvalue weighted by molar-refractivity contribution is 0.755. The molecule has 1 aliphatic carbocycles. The van der Waals surface area contributed by atoms with Crippen molar-refractivity contribution >= 4 is 28.7 Å². The summed E-state index contributed by atoms with van der Waals surface area (Å²) in [5.41, 5.74) is 5.60. The number of halogens is 1. The van der Waals surface area contributed by atoms with Crippen LogP contribution in [0, 0.1) is 0 Å². The van der Waals surface area contributed by atoms with E-state index in [-0.39, 0.29) is 6.04 Å². The van der Waals surface area contributed by atoms with E-state index in [0.29, 0.717) is 0 Å². The highest BCUT2D eigenvalue weighted by atomic mass is 35.5. The van der Waals surface area contributed by atoms with Crippen molar-refractivity contribution < 1.29 is 0 Å². The molecular weight excluding hydrogens is 154 g/mol. The average molecular weight is 162 g/mol. The van der Waals surface area contributed by atoms with Crippen LogP contribution in [-0.4, -0.2) is 10.9 Å². The lowest BCUT2D eigenvalue weighted by atomic mass is 10.0. The standard InChI is InChI=1S/C6H8ClNS/c7-4-1-2-5(8)6(9)3-4/h3,5H,1-2,8H2. The molecule has 1 unspecified atom stereocenters. The van der Waals surface area contributed by atoms with Crippen LogP contribution in [0.5, 0.6) is 0 Å². The number of rotatable bonds is 0. The fraction of sp³-hybridized carbons (Fsp3) is 0.500. The van der Waals surface area contributed by atoms with Crippen LogP contribution >= 0.6 is 23.8 Å². The summed E-state index contributed by atoms with van der Waals surface area (Å²) in [6.45, 7) is 0. The molecule has 0 bridgehead atoms. The van der Waals surface area contributed by atoms with Gasteiger partial charge in [0.1, 0.15) is 0 Å². The first kappa shape index (κ1) is 7.19. The Morgan fingerprint density at radius 3 is 2.89 bits per heavy atom. The van der Waals surface area contributed by atoms with Crippen LogP contribution < -0.4 is 5.73 Å². The second-order valence-corrected chi connectivity index (χ2v) is 3.10. The van der Waals surface area contributed by atoms with E-state index in [1.807, 2.05) is 0 Å². The molecule has 0 amide bonds. The van der Waals surface area contributed by atoms with Crippen molar-refractivity contribution in [2.75, 3.05) is 0 Å². The van der Waals surface area contributed by atoms with Gasteiger partial charge in [0, 0.05) is 15.9 Å². The fourth-order valence-corrected chi connectivity index (χ4v) is 1.32. The molecule has 50 valence electrons. The maximum absolute atomic E-state index is 5.69. The Labute approximate surface area is 64.9 Å². The summed E-state index contributed by atoms with van der Waals surface area (Å²) in [4.78, 5) is 0.784. The minimum atomic E-state index is 0.0579. The van der Waals surface area contributed by atoms with Gasteiger partial charge in [0.2, 0.25) is 0 Å². The molecular formula is C6H8ClNS. The number of allylic oxidation sites excluding steroid dienone is 1. The highest BCUT2D eigenvalue weighted by Crippen LogP contribution is 2.18. The van der Waals surface area contributed by atoms with Gasteiger partial charge in [-0.2, -0.15) is 0 Å². The van der Waals surface area contributed by atoms with Crippen molar-refractivity contribution in [2.45, 2.75) is 18.9 Å². The Morgan fingerprint density at radius 2 is 2.44 bits per heavy atom. The van der Waals surface area contributed by atoms with Crippen molar-refractivity contribution in [1.29, 1.82) is 0 Å². The van der Waals surface area contributed by atoms with Crippen LogP contribution in [0.1, 0.15) is 12.8 Å². The smallest absolute Gasteiger partial charge is 0.0402 e. The molecule has 0 radical (unpaired) electrons. The number of nitrogens with two attached hydrogens (primary N) is 1. The zero-order valence-corrected chi connectivity index (χ0v) is 6.50. The van der Waals surface area contributed by atoms with E-state index < -0.39 is 0 Å². The summed E-state index contributed by atoms with van der Waals surface area (Å²) in [5.74, 6) is 0. The highest BCUT2D eigenvalue weighted by molar-refractivity contribution is 7.80. The second-order valence-electron chi connectivity index (χ2n) is 2.14. The van der Waals surface area contributed by atoms with Crippen LogP contribution in [0.25, 0.3) is 0 Å². The van der Waals surface area contributed by atoms with Gasteiger partial charge in [-0.05, 0) is 18.9 Å². The normalized spacial score (nSPS) is 28.0. The summed E-state index contributed by atoms with van der Waals surface area (Å²) in [6.07, 6.45) is 3.56. The summed E-state index contributed by atoms with van der Waals surface area (Å²) < 4.78 is 0.